The molecule has 0 unspecified atom stereocenters. The van der Waals surface area contributed by atoms with Crippen molar-refractivity contribution in [1.29, 1.82) is 0 Å². The van der Waals surface area contributed by atoms with E-state index in [0.717, 1.165) is 11.3 Å². The Kier molecular flexibility index (Phi) is 2.37. The molecule has 0 aliphatic rings. The maximum atomic E-state index is 12.1. The standard InChI is InChI=1S/C6H6F2N2OS/c1-2-3(4(7)8)10-6(12-2)5(9)11/h4H,1H3,(H2,9,11). The molecule has 0 bridgehead atoms. The Bertz CT molecular complexity index is 310. The van der Waals surface area contributed by atoms with Crippen LogP contribution >= 0.6 is 11.3 Å². The predicted molar refractivity (Wildman–Crippen MR) is 40.3 cm³/mol. The Morgan fingerprint density at radius 2 is 2.25 bits per heavy atom. The van der Waals surface area contributed by atoms with E-state index in [0.29, 0.717) is 4.88 Å². The highest BCUT2D eigenvalue weighted by Gasteiger charge is 2.18. The third kappa shape index (κ3) is 1.58. The molecule has 1 heterocycles. The van der Waals surface area contributed by atoms with Crippen molar-refractivity contribution in [1.82, 2.24) is 4.98 Å². The molecule has 6 heteroatoms. The van der Waals surface area contributed by atoms with Crippen LogP contribution in [0.5, 0.6) is 0 Å². The van der Waals surface area contributed by atoms with Crippen LogP contribution in [0.3, 0.4) is 0 Å². The fourth-order valence-corrected chi connectivity index (χ4v) is 1.49. The molecule has 0 aromatic carbocycles. The Balaban J connectivity index is 3.09. The highest BCUT2D eigenvalue weighted by atomic mass is 32.1. The lowest BCUT2D eigenvalue weighted by Crippen LogP contribution is -2.10. The van der Waals surface area contributed by atoms with Crippen LogP contribution in [0.1, 0.15) is 26.8 Å². The van der Waals surface area contributed by atoms with E-state index in [1.54, 1.807) is 0 Å². The lowest BCUT2D eigenvalue weighted by molar-refractivity contribution is 0.0998. The van der Waals surface area contributed by atoms with E-state index >= 15 is 0 Å². The summed E-state index contributed by atoms with van der Waals surface area (Å²) in [7, 11) is 0. The highest BCUT2D eigenvalue weighted by molar-refractivity contribution is 7.13. The number of carbonyl (C=O) groups excluding carboxylic acids is 1. The number of alkyl halides is 2. The molecule has 1 aromatic heterocycles. The van der Waals surface area contributed by atoms with E-state index in [9.17, 15) is 13.6 Å². The second-order valence-electron chi connectivity index (χ2n) is 2.13. The molecule has 0 saturated carbocycles. The summed E-state index contributed by atoms with van der Waals surface area (Å²) in [4.78, 5) is 14.2. The van der Waals surface area contributed by atoms with Gasteiger partial charge in [-0.2, -0.15) is 0 Å². The Morgan fingerprint density at radius 3 is 2.50 bits per heavy atom. The molecule has 0 saturated heterocycles. The maximum Gasteiger partial charge on any atom is 0.281 e. The summed E-state index contributed by atoms with van der Waals surface area (Å²) in [6.45, 7) is 1.48. The van der Waals surface area contributed by atoms with E-state index in [4.69, 9.17) is 5.73 Å². The molecule has 0 spiro atoms. The van der Waals surface area contributed by atoms with Crippen molar-refractivity contribution in [3.63, 3.8) is 0 Å². The number of primary amides is 1. The van der Waals surface area contributed by atoms with Gasteiger partial charge in [-0.05, 0) is 6.92 Å². The molecule has 1 rings (SSSR count). The summed E-state index contributed by atoms with van der Waals surface area (Å²) >= 11 is 0.885. The normalized spacial score (nSPS) is 10.7. The Morgan fingerprint density at radius 1 is 1.67 bits per heavy atom. The van der Waals surface area contributed by atoms with E-state index < -0.39 is 12.3 Å². The summed E-state index contributed by atoms with van der Waals surface area (Å²) in [5.41, 5.74) is 4.51. The summed E-state index contributed by atoms with van der Waals surface area (Å²) < 4.78 is 24.2. The number of hydrogen-bond donors (Lipinski definition) is 1. The van der Waals surface area contributed by atoms with Crippen LogP contribution in [0, 0.1) is 6.92 Å². The zero-order valence-electron chi connectivity index (χ0n) is 6.17. The van der Waals surface area contributed by atoms with Crippen LogP contribution in [0.25, 0.3) is 0 Å². The van der Waals surface area contributed by atoms with Crippen LogP contribution < -0.4 is 5.73 Å². The largest absolute Gasteiger partial charge is 0.364 e. The van der Waals surface area contributed by atoms with E-state index in [2.05, 4.69) is 4.98 Å². The molecule has 1 amide bonds. The smallest absolute Gasteiger partial charge is 0.281 e. The van der Waals surface area contributed by atoms with E-state index in [1.807, 2.05) is 0 Å². The molecule has 66 valence electrons. The Labute approximate surface area is 71.2 Å². The molecule has 3 nitrogen and oxygen atoms in total. The van der Waals surface area contributed by atoms with Crippen LogP contribution in [0.15, 0.2) is 0 Å². The van der Waals surface area contributed by atoms with Crippen molar-refractivity contribution < 1.29 is 13.6 Å². The fraction of sp³-hybridized carbons (Fsp3) is 0.333. The second kappa shape index (κ2) is 3.14. The molecule has 0 radical (unpaired) electrons. The van der Waals surface area contributed by atoms with Gasteiger partial charge in [0.15, 0.2) is 5.01 Å². The van der Waals surface area contributed by atoms with Gasteiger partial charge in [-0.25, -0.2) is 13.8 Å². The van der Waals surface area contributed by atoms with E-state index in [1.165, 1.54) is 6.92 Å². The summed E-state index contributed by atoms with van der Waals surface area (Å²) in [5.74, 6) is -0.769. The lowest BCUT2D eigenvalue weighted by Gasteiger charge is -1.91. The second-order valence-corrected chi connectivity index (χ2v) is 3.33. The minimum Gasteiger partial charge on any atom is -0.364 e. The first-order chi connectivity index (χ1) is 5.52. The lowest BCUT2D eigenvalue weighted by atomic mass is 10.4. The van der Waals surface area contributed by atoms with Gasteiger partial charge in [-0.15, -0.1) is 11.3 Å². The number of carbonyl (C=O) groups is 1. The number of halogens is 2. The number of rotatable bonds is 2. The van der Waals surface area contributed by atoms with Gasteiger partial charge < -0.3 is 5.73 Å². The number of aromatic nitrogens is 1. The molecule has 0 fully saturated rings. The molecule has 2 N–H and O–H groups in total. The van der Waals surface area contributed by atoms with Crippen molar-refractivity contribution in [3.05, 3.63) is 15.6 Å². The van der Waals surface area contributed by atoms with Crippen molar-refractivity contribution >= 4 is 17.2 Å². The summed E-state index contributed by atoms with van der Waals surface area (Å²) in [5, 5.41) is -0.0669. The van der Waals surface area contributed by atoms with Gasteiger partial charge in [0, 0.05) is 4.88 Å². The number of nitrogens with two attached hydrogens (primary N) is 1. The first kappa shape index (κ1) is 9.05. The maximum absolute atomic E-state index is 12.1. The quantitative estimate of drug-likeness (QED) is 0.771. The molecular weight excluding hydrogens is 186 g/mol. The van der Waals surface area contributed by atoms with Crippen molar-refractivity contribution in [2.24, 2.45) is 5.73 Å². The molecule has 0 aliphatic heterocycles. The SMILES string of the molecule is Cc1sc(C(N)=O)nc1C(F)F. The topological polar surface area (TPSA) is 56.0 Å². The fourth-order valence-electron chi connectivity index (χ4n) is 0.716. The predicted octanol–water partition coefficient (Wildman–Crippen LogP) is 1.49. The summed E-state index contributed by atoms with van der Waals surface area (Å²) in [6, 6.07) is 0. The van der Waals surface area contributed by atoms with E-state index in [-0.39, 0.29) is 10.7 Å². The minimum atomic E-state index is -2.64. The third-order valence-corrected chi connectivity index (χ3v) is 2.25. The number of thiazole rings is 1. The zero-order chi connectivity index (χ0) is 9.30. The molecule has 0 atom stereocenters. The van der Waals surface area contributed by atoms with Gasteiger partial charge in [-0.3, -0.25) is 4.79 Å². The molecular formula is C6H6F2N2OS. The van der Waals surface area contributed by atoms with Gasteiger partial charge in [-0.1, -0.05) is 0 Å². The molecule has 12 heavy (non-hydrogen) atoms. The van der Waals surface area contributed by atoms with Crippen molar-refractivity contribution in [2.45, 2.75) is 13.3 Å². The highest BCUT2D eigenvalue weighted by Crippen LogP contribution is 2.25. The van der Waals surface area contributed by atoms with Crippen LogP contribution in [0.4, 0.5) is 8.78 Å². The monoisotopic (exact) mass is 192 g/mol. The van der Waals surface area contributed by atoms with Crippen LogP contribution in [-0.2, 0) is 0 Å². The molecule has 1 aromatic rings. The van der Waals surface area contributed by atoms with Gasteiger partial charge >= 0.3 is 0 Å². The van der Waals surface area contributed by atoms with Gasteiger partial charge in [0.25, 0.3) is 12.3 Å². The number of nitrogens with zero attached hydrogens (tertiary/aromatic N) is 1. The summed E-state index contributed by atoms with van der Waals surface area (Å²) in [6.07, 6.45) is -2.64. The average Bonchev–Trinajstić information content (AvgIpc) is 2.30. The number of aryl methyl sites for hydroxylation is 1. The zero-order valence-corrected chi connectivity index (χ0v) is 6.99. The Hall–Kier alpha value is -1.04. The third-order valence-electron chi connectivity index (χ3n) is 1.25. The number of amides is 1. The minimum absolute atomic E-state index is 0.0669. The van der Waals surface area contributed by atoms with Crippen LogP contribution in [0.2, 0.25) is 0 Å². The van der Waals surface area contributed by atoms with Gasteiger partial charge in [0.05, 0.1) is 0 Å². The van der Waals surface area contributed by atoms with Gasteiger partial charge in [0.1, 0.15) is 5.69 Å². The molecule has 0 aliphatic carbocycles. The van der Waals surface area contributed by atoms with Crippen molar-refractivity contribution in [3.8, 4) is 0 Å². The first-order valence-corrected chi connectivity index (χ1v) is 3.89. The van der Waals surface area contributed by atoms with Gasteiger partial charge in [0.2, 0.25) is 0 Å². The van der Waals surface area contributed by atoms with Crippen molar-refractivity contribution in [2.75, 3.05) is 0 Å². The first-order valence-electron chi connectivity index (χ1n) is 3.07. The average molecular weight is 192 g/mol. The number of hydrogen-bond acceptors (Lipinski definition) is 3. The van der Waals surface area contributed by atoms with Crippen LogP contribution in [-0.4, -0.2) is 10.9 Å².